The van der Waals surface area contributed by atoms with Gasteiger partial charge in [-0.2, -0.15) is 0 Å². The zero-order chi connectivity index (χ0) is 24.9. The number of thiazole rings is 1. The van der Waals surface area contributed by atoms with Crippen molar-refractivity contribution < 1.29 is 19.1 Å². The van der Waals surface area contributed by atoms with E-state index in [4.69, 9.17) is 14.5 Å². The van der Waals surface area contributed by atoms with Gasteiger partial charge in [-0.25, -0.2) is 4.98 Å². The van der Waals surface area contributed by atoms with Crippen LogP contribution in [0.2, 0.25) is 0 Å². The van der Waals surface area contributed by atoms with E-state index in [1.54, 1.807) is 23.5 Å². The number of ether oxygens (including phenoxy) is 2. The number of aromatic nitrogens is 1. The number of carbonyl (C=O) groups excluding carboxylic acids is 2. The second-order valence-corrected chi connectivity index (χ2v) is 9.16. The van der Waals surface area contributed by atoms with E-state index >= 15 is 0 Å². The number of carbonyl (C=O) groups is 2. The first kappa shape index (κ1) is 23.6. The Morgan fingerprint density at radius 3 is 2.75 bits per heavy atom. The van der Waals surface area contributed by atoms with Gasteiger partial charge in [0.15, 0.2) is 6.61 Å². The Labute approximate surface area is 213 Å². The molecule has 4 aromatic rings. The average Bonchev–Trinajstić information content (AvgIpc) is 3.36. The predicted octanol–water partition coefficient (Wildman–Crippen LogP) is 5.16. The van der Waals surface area contributed by atoms with Crippen LogP contribution in [0.1, 0.15) is 17.5 Å². The second-order valence-electron chi connectivity index (χ2n) is 8.22. The third-order valence-electron chi connectivity index (χ3n) is 5.71. The molecule has 0 fully saturated rings. The molecule has 182 valence electrons. The van der Waals surface area contributed by atoms with Crippen molar-refractivity contribution in [3.8, 4) is 22.8 Å². The fraction of sp³-hybridized carbons (Fsp3) is 0.179. The van der Waals surface area contributed by atoms with Crippen LogP contribution in [0.15, 0.2) is 78.2 Å². The van der Waals surface area contributed by atoms with Crippen LogP contribution >= 0.6 is 11.3 Å². The van der Waals surface area contributed by atoms with Crippen LogP contribution in [0.25, 0.3) is 11.3 Å². The predicted molar refractivity (Wildman–Crippen MR) is 141 cm³/mol. The maximum Gasteiger partial charge on any atom is 0.265 e. The Morgan fingerprint density at radius 1 is 1.11 bits per heavy atom. The summed E-state index contributed by atoms with van der Waals surface area (Å²) in [7, 11) is 0. The summed E-state index contributed by atoms with van der Waals surface area (Å²) < 4.78 is 11.2. The van der Waals surface area contributed by atoms with Crippen molar-refractivity contribution in [2.45, 2.75) is 13.3 Å². The van der Waals surface area contributed by atoms with E-state index in [0.717, 1.165) is 22.7 Å². The number of hydrogen-bond acceptors (Lipinski definition) is 6. The van der Waals surface area contributed by atoms with Gasteiger partial charge in [0.2, 0.25) is 5.91 Å². The highest BCUT2D eigenvalue weighted by Crippen LogP contribution is 2.36. The van der Waals surface area contributed by atoms with Gasteiger partial charge in [-0.05, 0) is 42.8 Å². The number of fused-ring (bicyclic) bond motifs is 1. The lowest BCUT2D eigenvalue weighted by Gasteiger charge is -2.29. The molecule has 2 amide bonds. The van der Waals surface area contributed by atoms with E-state index in [1.165, 1.54) is 10.5 Å². The molecule has 5 rings (SSSR count). The summed E-state index contributed by atoms with van der Waals surface area (Å²) in [5.41, 5.74) is 3.99. The van der Waals surface area contributed by atoms with Gasteiger partial charge in [-0.3, -0.25) is 14.5 Å². The highest BCUT2D eigenvalue weighted by molar-refractivity contribution is 7.10. The molecule has 2 heterocycles. The minimum Gasteiger partial charge on any atom is -0.492 e. The van der Waals surface area contributed by atoms with Crippen molar-refractivity contribution in [3.63, 3.8) is 0 Å². The molecule has 1 aliphatic heterocycles. The van der Waals surface area contributed by atoms with Gasteiger partial charge >= 0.3 is 0 Å². The van der Waals surface area contributed by atoms with Crippen molar-refractivity contribution in [1.29, 1.82) is 0 Å². The standard InChI is InChI=1S/C28H25N3O4S/c1-2-34-24-11-7-6-10-21(24)29-26(32)16-31-23-15-20(12-13-25(23)35-17-28(31)33)22-18-36-27(30-22)14-19-8-4-3-5-9-19/h3-13,15,18H,2,14,16-17H2,1H3,(H,29,32). The van der Waals surface area contributed by atoms with Gasteiger partial charge in [0, 0.05) is 17.4 Å². The number of hydrogen-bond donors (Lipinski definition) is 1. The van der Waals surface area contributed by atoms with Crippen LogP contribution in [-0.4, -0.2) is 36.6 Å². The first-order valence-electron chi connectivity index (χ1n) is 11.7. The molecule has 0 radical (unpaired) electrons. The molecule has 0 bridgehead atoms. The molecule has 0 spiro atoms. The van der Waals surface area contributed by atoms with Crippen LogP contribution in [-0.2, 0) is 16.0 Å². The highest BCUT2D eigenvalue weighted by atomic mass is 32.1. The topological polar surface area (TPSA) is 80.8 Å². The quantitative estimate of drug-likeness (QED) is 0.362. The number of para-hydroxylation sites is 2. The minimum atomic E-state index is -0.326. The lowest BCUT2D eigenvalue weighted by Crippen LogP contribution is -2.43. The summed E-state index contributed by atoms with van der Waals surface area (Å²) in [6.45, 7) is 2.10. The number of nitrogens with zero attached hydrogens (tertiary/aromatic N) is 2. The van der Waals surface area contributed by atoms with Gasteiger partial charge in [0.1, 0.15) is 18.0 Å². The molecule has 0 atom stereocenters. The van der Waals surface area contributed by atoms with Gasteiger partial charge < -0.3 is 14.8 Å². The lowest BCUT2D eigenvalue weighted by atomic mass is 10.1. The van der Waals surface area contributed by atoms with E-state index in [2.05, 4.69) is 17.4 Å². The van der Waals surface area contributed by atoms with Crippen LogP contribution in [0, 0.1) is 0 Å². The number of benzene rings is 3. The molecule has 1 aliphatic rings. The molecule has 8 heteroatoms. The van der Waals surface area contributed by atoms with E-state index in [-0.39, 0.29) is 25.0 Å². The number of anilines is 2. The van der Waals surface area contributed by atoms with Crippen LogP contribution < -0.4 is 19.7 Å². The lowest BCUT2D eigenvalue weighted by molar-refractivity contribution is -0.123. The van der Waals surface area contributed by atoms with E-state index < -0.39 is 0 Å². The largest absolute Gasteiger partial charge is 0.492 e. The average molecular weight is 500 g/mol. The molecular formula is C28H25N3O4S. The maximum absolute atomic E-state index is 12.9. The Hall–Kier alpha value is -4.17. The highest BCUT2D eigenvalue weighted by Gasteiger charge is 2.28. The summed E-state index contributed by atoms with van der Waals surface area (Å²) in [5.74, 6) is 0.531. The Morgan fingerprint density at radius 2 is 1.92 bits per heavy atom. The number of amides is 2. The van der Waals surface area contributed by atoms with Crippen LogP contribution in [0.4, 0.5) is 11.4 Å². The normalized spacial score (nSPS) is 12.6. The fourth-order valence-electron chi connectivity index (χ4n) is 4.01. The zero-order valence-electron chi connectivity index (χ0n) is 19.8. The first-order chi connectivity index (χ1) is 17.6. The third kappa shape index (κ3) is 5.23. The van der Waals surface area contributed by atoms with Crippen LogP contribution in [0.5, 0.6) is 11.5 Å². The first-order valence-corrected chi connectivity index (χ1v) is 12.6. The molecule has 0 saturated heterocycles. The molecule has 1 aromatic heterocycles. The monoisotopic (exact) mass is 499 g/mol. The molecule has 7 nitrogen and oxygen atoms in total. The van der Waals surface area contributed by atoms with E-state index in [9.17, 15) is 9.59 Å². The van der Waals surface area contributed by atoms with Crippen molar-refractivity contribution in [2.75, 3.05) is 30.0 Å². The Balaban J connectivity index is 1.35. The van der Waals surface area contributed by atoms with E-state index in [0.29, 0.717) is 29.5 Å². The number of rotatable bonds is 8. The molecule has 1 N–H and O–H groups in total. The Bertz CT molecular complexity index is 1390. The van der Waals surface area contributed by atoms with Gasteiger partial charge in [-0.15, -0.1) is 11.3 Å². The van der Waals surface area contributed by atoms with Gasteiger partial charge in [0.25, 0.3) is 5.91 Å². The summed E-state index contributed by atoms with van der Waals surface area (Å²) in [6, 6.07) is 23.0. The minimum absolute atomic E-state index is 0.118. The summed E-state index contributed by atoms with van der Waals surface area (Å²) >= 11 is 1.60. The van der Waals surface area contributed by atoms with Gasteiger partial charge in [-0.1, -0.05) is 42.5 Å². The zero-order valence-corrected chi connectivity index (χ0v) is 20.6. The fourth-order valence-corrected chi connectivity index (χ4v) is 4.85. The third-order valence-corrected chi connectivity index (χ3v) is 6.56. The summed E-state index contributed by atoms with van der Waals surface area (Å²) in [4.78, 5) is 31.9. The molecule has 3 aromatic carbocycles. The van der Waals surface area contributed by atoms with Gasteiger partial charge in [0.05, 0.1) is 28.7 Å². The molecule has 0 aliphatic carbocycles. The molecule has 36 heavy (non-hydrogen) atoms. The smallest absolute Gasteiger partial charge is 0.265 e. The van der Waals surface area contributed by atoms with Crippen molar-refractivity contribution in [3.05, 3.63) is 88.7 Å². The van der Waals surface area contributed by atoms with E-state index in [1.807, 2.05) is 60.8 Å². The summed E-state index contributed by atoms with van der Waals surface area (Å²) in [5, 5.41) is 5.87. The SMILES string of the molecule is CCOc1ccccc1NC(=O)CN1C(=O)COc2ccc(-c3csc(Cc4ccccc4)n3)cc21. The number of nitrogens with one attached hydrogen (secondary N) is 1. The molecule has 0 unspecified atom stereocenters. The summed E-state index contributed by atoms with van der Waals surface area (Å²) in [6.07, 6.45) is 0.758. The molecule has 0 saturated carbocycles. The molecular weight excluding hydrogens is 474 g/mol. The van der Waals surface area contributed by atoms with Crippen molar-refractivity contribution in [2.24, 2.45) is 0 Å². The second kappa shape index (κ2) is 10.6. The Kier molecular flexibility index (Phi) is 6.95. The van der Waals surface area contributed by atoms with Crippen molar-refractivity contribution >= 4 is 34.5 Å². The van der Waals surface area contributed by atoms with Crippen molar-refractivity contribution in [1.82, 2.24) is 4.98 Å². The maximum atomic E-state index is 12.9. The van der Waals surface area contributed by atoms with Crippen LogP contribution in [0.3, 0.4) is 0 Å².